The summed E-state index contributed by atoms with van der Waals surface area (Å²) >= 11 is 0. The summed E-state index contributed by atoms with van der Waals surface area (Å²) in [6, 6.07) is 0.113. The van der Waals surface area contributed by atoms with Crippen LogP contribution in [0.25, 0.3) is 0 Å². The Balaban J connectivity index is 1.48. The van der Waals surface area contributed by atoms with Gasteiger partial charge in [0.1, 0.15) is 12.9 Å². The zero-order valence-electron chi connectivity index (χ0n) is 14.7. The average molecular weight is 348 g/mol. The SMILES string of the molecule is N[C@@H]1CCC[C@H]1CC(=O)Nc1ncn(CC(=O)N2CCCCCC2)n1. The van der Waals surface area contributed by atoms with Gasteiger partial charge in [0.15, 0.2) is 0 Å². The molecule has 2 fully saturated rings. The maximum Gasteiger partial charge on any atom is 0.248 e. The molecule has 138 valence electrons. The van der Waals surface area contributed by atoms with Crippen LogP contribution < -0.4 is 11.1 Å². The molecule has 1 aromatic rings. The largest absolute Gasteiger partial charge is 0.341 e. The molecule has 25 heavy (non-hydrogen) atoms. The molecule has 0 aromatic carbocycles. The fourth-order valence-electron chi connectivity index (χ4n) is 3.72. The highest BCUT2D eigenvalue weighted by molar-refractivity contribution is 5.89. The van der Waals surface area contributed by atoms with Crippen molar-refractivity contribution >= 4 is 17.8 Å². The van der Waals surface area contributed by atoms with Gasteiger partial charge in [-0.2, -0.15) is 0 Å². The van der Waals surface area contributed by atoms with Crippen molar-refractivity contribution < 1.29 is 9.59 Å². The van der Waals surface area contributed by atoms with Crippen LogP contribution in [0.3, 0.4) is 0 Å². The van der Waals surface area contributed by atoms with Crippen molar-refractivity contribution in [3.05, 3.63) is 6.33 Å². The van der Waals surface area contributed by atoms with E-state index in [0.29, 0.717) is 6.42 Å². The molecular weight excluding hydrogens is 320 g/mol. The van der Waals surface area contributed by atoms with Crippen molar-refractivity contribution in [2.75, 3.05) is 18.4 Å². The van der Waals surface area contributed by atoms with E-state index in [2.05, 4.69) is 15.4 Å². The second kappa shape index (κ2) is 8.42. The lowest BCUT2D eigenvalue weighted by atomic mass is 10.00. The van der Waals surface area contributed by atoms with Crippen molar-refractivity contribution in [3.63, 3.8) is 0 Å². The Morgan fingerprint density at radius 1 is 1.16 bits per heavy atom. The van der Waals surface area contributed by atoms with Crippen molar-refractivity contribution in [1.29, 1.82) is 0 Å². The normalized spacial score (nSPS) is 24.1. The third-order valence-electron chi connectivity index (χ3n) is 5.21. The van der Waals surface area contributed by atoms with Gasteiger partial charge in [-0.15, -0.1) is 5.10 Å². The van der Waals surface area contributed by atoms with Crippen LogP contribution in [0.4, 0.5) is 5.95 Å². The molecule has 0 radical (unpaired) electrons. The maximum absolute atomic E-state index is 12.4. The number of anilines is 1. The summed E-state index contributed by atoms with van der Waals surface area (Å²) in [6.45, 7) is 1.80. The monoisotopic (exact) mass is 348 g/mol. The Labute approximate surface area is 148 Å². The number of rotatable bonds is 5. The summed E-state index contributed by atoms with van der Waals surface area (Å²) in [7, 11) is 0. The Hall–Kier alpha value is -1.96. The van der Waals surface area contributed by atoms with Crippen LogP contribution in [-0.4, -0.2) is 50.6 Å². The highest BCUT2D eigenvalue weighted by Gasteiger charge is 2.26. The number of likely N-dealkylation sites (tertiary alicyclic amines) is 1. The number of nitrogens with two attached hydrogens (primary N) is 1. The number of nitrogens with zero attached hydrogens (tertiary/aromatic N) is 4. The Morgan fingerprint density at radius 2 is 1.92 bits per heavy atom. The minimum atomic E-state index is -0.112. The highest BCUT2D eigenvalue weighted by atomic mass is 16.2. The summed E-state index contributed by atoms with van der Waals surface area (Å²) < 4.78 is 1.49. The molecule has 3 rings (SSSR count). The number of amides is 2. The second-order valence-electron chi connectivity index (χ2n) is 7.17. The zero-order chi connectivity index (χ0) is 17.6. The first kappa shape index (κ1) is 17.8. The highest BCUT2D eigenvalue weighted by Crippen LogP contribution is 2.26. The number of aromatic nitrogens is 3. The molecule has 2 aliphatic rings. The predicted octanol–water partition coefficient (Wildman–Crippen LogP) is 1.14. The Morgan fingerprint density at radius 3 is 2.60 bits per heavy atom. The summed E-state index contributed by atoms with van der Waals surface area (Å²) in [5.41, 5.74) is 6.00. The first-order valence-corrected chi connectivity index (χ1v) is 9.34. The molecule has 2 amide bonds. The van der Waals surface area contributed by atoms with Crippen LogP contribution >= 0.6 is 0 Å². The molecule has 0 unspecified atom stereocenters. The van der Waals surface area contributed by atoms with E-state index in [4.69, 9.17) is 5.73 Å². The van der Waals surface area contributed by atoms with Crippen molar-refractivity contribution in [1.82, 2.24) is 19.7 Å². The zero-order valence-corrected chi connectivity index (χ0v) is 14.7. The molecule has 8 heteroatoms. The van der Waals surface area contributed by atoms with Crippen LogP contribution in [0.15, 0.2) is 6.33 Å². The predicted molar refractivity (Wildman–Crippen MR) is 93.6 cm³/mol. The van der Waals surface area contributed by atoms with Gasteiger partial charge in [0, 0.05) is 25.6 Å². The van der Waals surface area contributed by atoms with E-state index in [1.807, 2.05) is 4.90 Å². The first-order valence-electron chi connectivity index (χ1n) is 9.34. The molecule has 8 nitrogen and oxygen atoms in total. The minimum Gasteiger partial charge on any atom is -0.341 e. The van der Waals surface area contributed by atoms with E-state index in [9.17, 15) is 9.59 Å². The van der Waals surface area contributed by atoms with E-state index >= 15 is 0 Å². The molecule has 1 saturated heterocycles. The average Bonchev–Trinajstić information content (AvgIpc) is 3.07. The van der Waals surface area contributed by atoms with Gasteiger partial charge in [-0.1, -0.05) is 19.3 Å². The third-order valence-corrected chi connectivity index (χ3v) is 5.21. The second-order valence-corrected chi connectivity index (χ2v) is 7.17. The van der Waals surface area contributed by atoms with Crippen molar-refractivity contribution in [2.45, 2.75) is 64.0 Å². The summed E-state index contributed by atoms with van der Waals surface area (Å²) in [6.07, 6.45) is 9.48. The van der Waals surface area contributed by atoms with Gasteiger partial charge in [-0.25, -0.2) is 9.67 Å². The lowest BCUT2D eigenvalue weighted by molar-refractivity contribution is -0.132. The molecule has 1 aliphatic heterocycles. The van der Waals surface area contributed by atoms with Gasteiger partial charge in [-0.05, 0) is 31.6 Å². The topological polar surface area (TPSA) is 106 Å². The van der Waals surface area contributed by atoms with E-state index < -0.39 is 0 Å². The maximum atomic E-state index is 12.4. The van der Waals surface area contributed by atoms with Gasteiger partial charge < -0.3 is 10.6 Å². The number of hydrogen-bond acceptors (Lipinski definition) is 5. The molecule has 1 saturated carbocycles. The first-order chi connectivity index (χ1) is 12.1. The van der Waals surface area contributed by atoms with E-state index in [0.717, 1.165) is 45.2 Å². The Kier molecular flexibility index (Phi) is 6.01. The van der Waals surface area contributed by atoms with Gasteiger partial charge in [0.25, 0.3) is 0 Å². The van der Waals surface area contributed by atoms with E-state index in [1.165, 1.54) is 23.9 Å². The lowest BCUT2D eigenvalue weighted by Gasteiger charge is -2.19. The molecule has 2 atom stereocenters. The number of nitrogens with one attached hydrogen (secondary N) is 1. The fraction of sp³-hybridized carbons (Fsp3) is 0.765. The standard InChI is InChI=1S/C17H28N6O2/c18-14-7-5-6-13(14)10-15(24)20-17-19-12-23(21-17)11-16(25)22-8-3-1-2-4-9-22/h12-14H,1-11,18H2,(H,20,21,24)/t13-,14+/m0/s1. The van der Waals surface area contributed by atoms with Crippen LogP contribution in [0.5, 0.6) is 0 Å². The summed E-state index contributed by atoms with van der Waals surface area (Å²) in [5, 5.41) is 6.91. The molecule has 1 aliphatic carbocycles. The minimum absolute atomic E-state index is 0.0570. The van der Waals surface area contributed by atoms with Crippen molar-refractivity contribution in [3.8, 4) is 0 Å². The van der Waals surface area contributed by atoms with Gasteiger partial charge in [0.2, 0.25) is 17.8 Å². The van der Waals surface area contributed by atoms with Crippen LogP contribution in [0, 0.1) is 5.92 Å². The van der Waals surface area contributed by atoms with Crippen LogP contribution in [-0.2, 0) is 16.1 Å². The fourth-order valence-corrected chi connectivity index (χ4v) is 3.72. The quantitative estimate of drug-likeness (QED) is 0.830. The molecule has 1 aromatic heterocycles. The molecule has 0 spiro atoms. The smallest absolute Gasteiger partial charge is 0.248 e. The molecule has 3 N–H and O–H groups in total. The number of hydrogen-bond donors (Lipinski definition) is 2. The van der Waals surface area contributed by atoms with Crippen LogP contribution in [0.2, 0.25) is 0 Å². The molecule has 0 bridgehead atoms. The number of carbonyl (C=O) groups is 2. The van der Waals surface area contributed by atoms with Gasteiger partial charge in [0.05, 0.1) is 0 Å². The summed E-state index contributed by atoms with van der Waals surface area (Å²) in [5.74, 6) is 0.437. The Bertz CT molecular complexity index is 594. The van der Waals surface area contributed by atoms with E-state index in [1.54, 1.807) is 0 Å². The molecular formula is C17H28N6O2. The number of carbonyl (C=O) groups excluding carboxylic acids is 2. The van der Waals surface area contributed by atoms with Crippen molar-refractivity contribution in [2.24, 2.45) is 11.7 Å². The lowest BCUT2D eigenvalue weighted by Crippen LogP contribution is -2.34. The van der Waals surface area contributed by atoms with Gasteiger partial charge >= 0.3 is 0 Å². The summed E-state index contributed by atoms with van der Waals surface area (Å²) in [4.78, 5) is 30.4. The molecule has 2 heterocycles. The van der Waals surface area contributed by atoms with Gasteiger partial charge in [-0.3, -0.25) is 14.9 Å². The third kappa shape index (κ3) is 5.01. The van der Waals surface area contributed by atoms with Crippen LogP contribution in [0.1, 0.15) is 51.4 Å². The van der Waals surface area contributed by atoms with E-state index in [-0.39, 0.29) is 36.3 Å².